The van der Waals surface area contributed by atoms with Gasteiger partial charge >= 0.3 is 18.4 Å². The molecule has 4 rings (SSSR count). The number of likely N-dealkylation sites (tertiary alicyclic amines) is 1. The van der Waals surface area contributed by atoms with E-state index in [1.165, 1.54) is 20.5 Å². The van der Waals surface area contributed by atoms with E-state index in [4.69, 9.17) is 4.74 Å². The Hall–Kier alpha value is -3.29. The van der Waals surface area contributed by atoms with Crippen molar-refractivity contribution in [3.63, 3.8) is 0 Å². The summed E-state index contributed by atoms with van der Waals surface area (Å²) in [6.45, 7) is -0.0844. The molecule has 0 unspecified atom stereocenters. The summed E-state index contributed by atoms with van der Waals surface area (Å²) < 4.78 is 84.4. The summed E-state index contributed by atoms with van der Waals surface area (Å²) in [7, 11) is 0. The second-order valence-electron chi connectivity index (χ2n) is 8.00. The average Bonchev–Trinajstić information content (AvgIpc) is 3.16. The molecule has 1 fully saturated rings. The number of aromatic nitrogens is 2. The molecule has 1 N–H and O–H groups in total. The molecule has 1 aromatic carbocycles. The van der Waals surface area contributed by atoms with Gasteiger partial charge in [-0.1, -0.05) is 0 Å². The number of fused-ring (bicyclic) bond motifs is 1. The van der Waals surface area contributed by atoms with Crippen LogP contribution in [0.15, 0.2) is 24.3 Å². The van der Waals surface area contributed by atoms with Crippen LogP contribution >= 0.6 is 0 Å². The van der Waals surface area contributed by atoms with Crippen molar-refractivity contribution in [2.24, 2.45) is 0 Å². The highest BCUT2D eigenvalue weighted by molar-refractivity contribution is 5.93. The standard InChI is InChI=1S/C20H18F6N4O4/c21-19(22,23)12-3-11(4-13(5-12)20(24,25)26)10-34-18(33)28-1-2-30-14(7-28)6-16(27-30)17(32)29-8-15(31)9-29/h3-6,15,31H,1-2,7-10H2. The Kier molecular flexibility index (Phi) is 5.96. The van der Waals surface area contributed by atoms with Crippen molar-refractivity contribution in [2.75, 3.05) is 19.6 Å². The number of carbonyl (C=O) groups excluding carboxylic acids is 2. The zero-order valence-electron chi connectivity index (χ0n) is 17.4. The summed E-state index contributed by atoms with van der Waals surface area (Å²) in [5, 5.41) is 13.5. The average molecular weight is 492 g/mol. The lowest BCUT2D eigenvalue weighted by Gasteiger charge is -2.35. The molecule has 1 aromatic heterocycles. The van der Waals surface area contributed by atoms with Crippen molar-refractivity contribution in [2.45, 2.75) is 38.2 Å². The molecule has 14 heteroatoms. The molecule has 2 amide bonds. The Bertz CT molecular complexity index is 1080. The highest BCUT2D eigenvalue weighted by Crippen LogP contribution is 2.36. The van der Waals surface area contributed by atoms with Crippen molar-refractivity contribution >= 4 is 12.0 Å². The predicted octanol–water partition coefficient (Wildman–Crippen LogP) is 2.89. The summed E-state index contributed by atoms with van der Waals surface area (Å²) >= 11 is 0. The third-order valence-electron chi connectivity index (χ3n) is 5.43. The van der Waals surface area contributed by atoms with Gasteiger partial charge in [-0.15, -0.1) is 0 Å². The van der Waals surface area contributed by atoms with Gasteiger partial charge in [-0.25, -0.2) is 4.79 Å². The summed E-state index contributed by atoms with van der Waals surface area (Å²) in [4.78, 5) is 27.4. The number of rotatable bonds is 3. The second-order valence-corrected chi connectivity index (χ2v) is 8.00. The minimum Gasteiger partial charge on any atom is -0.445 e. The Morgan fingerprint density at radius 3 is 2.15 bits per heavy atom. The lowest BCUT2D eigenvalue weighted by atomic mass is 10.1. The number of carbonyl (C=O) groups is 2. The maximum atomic E-state index is 13.0. The monoisotopic (exact) mass is 492 g/mol. The molecule has 0 aliphatic carbocycles. The third-order valence-corrected chi connectivity index (χ3v) is 5.43. The molecule has 1 saturated heterocycles. The first kappa shape index (κ1) is 23.9. The van der Waals surface area contributed by atoms with Gasteiger partial charge in [0.15, 0.2) is 5.69 Å². The van der Waals surface area contributed by atoms with Crippen LogP contribution in [-0.4, -0.2) is 62.4 Å². The summed E-state index contributed by atoms with van der Waals surface area (Å²) in [6.07, 6.45) is -11.5. The Morgan fingerprint density at radius 1 is 0.971 bits per heavy atom. The number of hydrogen-bond acceptors (Lipinski definition) is 5. The van der Waals surface area contributed by atoms with E-state index in [9.17, 15) is 41.0 Å². The van der Waals surface area contributed by atoms with Crippen LogP contribution in [0, 0.1) is 0 Å². The smallest absolute Gasteiger partial charge is 0.416 e. The summed E-state index contributed by atoms with van der Waals surface area (Å²) in [5.41, 5.74) is -2.81. The van der Waals surface area contributed by atoms with Crippen LogP contribution in [0.5, 0.6) is 0 Å². The highest BCUT2D eigenvalue weighted by Gasteiger charge is 2.37. The Morgan fingerprint density at radius 2 is 1.59 bits per heavy atom. The molecule has 0 radical (unpaired) electrons. The zero-order valence-corrected chi connectivity index (χ0v) is 17.4. The maximum Gasteiger partial charge on any atom is 0.416 e. The van der Waals surface area contributed by atoms with Gasteiger partial charge in [0, 0.05) is 19.6 Å². The molecule has 2 aliphatic heterocycles. The molecule has 0 atom stereocenters. The van der Waals surface area contributed by atoms with Gasteiger partial charge in [-0.3, -0.25) is 9.48 Å². The number of halogens is 6. The largest absolute Gasteiger partial charge is 0.445 e. The van der Waals surface area contributed by atoms with Crippen molar-refractivity contribution in [1.82, 2.24) is 19.6 Å². The first-order valence-electron chi connectivity index (χ1n) is 10.1. The van der Waals surface area contributed by atoms with Crippen LogP contribution < -0.4 is 0 Å². The number of β-amino-alcohol motifs (C(OH)–C–C–N with tert-alkyl or cyclic N) is 1. The van der Waals surface area contributed by atoms with Gasteiger partial charge in [0.1, 0.15) is 6.61 Å². The van der Waals surface area contributed by atoms with Crippen molar-refractivity contribution < 1.29 is 45.8 Å². The number of benzene rings is 1. The van der Waals surface area contributed by atoms with Crippen LogP contribution in [-0.2, 0) is 36.8 Å². The molecule has 8 nitrogen and oxygen atoms in total. The van der Waals surface area contributed by atoms with Gasteiger partial charge in [-0.2, -0.15) is 31.4 Å². The molecule has 2 aliphatic rings. The third kappa shape index (κ3) is 4.95. The molecule has 0 saturated carbocycles. The van der Waals surface area contributed by atoms with Crippen LogP contribution in [0.4, 0.5) is 31.1 Å². The molecule has 0 bridgehead atoms. The van der Waals surface area contributed by atoms with Crippen LogP contribution in [0.3, 0.4) is 0 Å². The number of alkyl halides is 6. The Balaban J connectivity index is 1.41. The molecule has 0 spiro atoms. The molecule has 3 heterocycles. The predicted molar refractivity (Wildman–Crippen MR) is 101 cm³/mol. The zero-order chi connectivity index (χ0) is 24.8. The molecule has 34 heavy (non-hydrogen) atoms. The number of hydrogen-bond donors (Lipinski definition) is 1. The summed E-state index contributed by atoms with van der Waals surface area (Å²) in [5.74, 6) is -0.369. The quantitative estimate of drug-likeness (QED) is 0.666. The summed E-state index contributed by atoms with van der Waals surface area (Å²) in [6, 6.07) is 2.47. The van der Waals surface area contributed by atoms with Crippen LogP contribution in [0.25, 0.3) is 0 Å². The number of nitrogens with zero attached hydrogens (tertiary/aromatic N) is 4. The fourth-order valence-corrected chi connectivity index (χ4v) is 3.65. The van der Waals surface area contributed by atoms with Crippen molar-refractivity contribution in [3.05, 3.63) is 52.3 Å². The molecular formula is C20H18F6N4O4. The van der Waals surface area contributed by atoms with E-state index in [1.54, 1.807) is 0 Å². The van der Waals surface area contributed by atoms with Crippen LogP contribution in [0.2, 0.25) is 0 Å². The SMILES string of the molecule is O=C(OCc1cc(C(F)(F)F)cc(C(F)(F)F)c1)N1CCn2nc(C(=O)N3CC(O)C3)cc2C1. The van der Waals surface area contributed by atoms with E-state index in [0.717, 1.165) is 0 Å². The maximum absolute atomic E-state index is 13.0. The molecular weight excluding hydrogens is 474 g/mol. The van der Waals surface area contributed by atoms with E-state index >= 15 is 0 Å². The van der Waals surface area contributed by atoms with E-state index in [-0.39, 0.29) is 50.4 Å². The normalized spacial score (nSPS) is 16.8. The fraction of sp³-hybridized carbons (Fsp3) is 0.450. The number of amides is 2. The lowest BCUT2D eigenvalue weighted by molar-refractivity contribution is -0.143. The number of aliphatic hydroxyl groups is 1. The van der Waals surface area contributed by atoms with E-state index in [0.29, 0.717) is 17.8 Å². The van der Waals surface area contributed by atoms with Gasteiger partial charge in [-0.05, 0) is 29.8 Å². The van der Waals surface area contributed by atoms with Crippen molar-refractivity contribution in [3.8, 4) is 0 Å². The first-order valence-corrected chi connectivity index (χ1v) is 10.1. The van der Waals surface area contributed by atoms with Gasteiger partial charge in [0.25, 0.3) is 5.91 Å². The second kappa shape index (κ2) is 8.49. The van der Waals surface area contributed by atoms with Crippen molar-refractivity contribution in [1.29, 1.82) is 0 Å². The van der Waals surface area contributed by atoms with Gasteiger partial charge in [0.05, 0.1) is 36.0 Å². The van der Waals surface area contributed by atoms with E-state index in [1.807, 2.05) is 0 Å². The number of ether oxygens (including phenoxy) is 1. The number of aliphatic hydroxyl groups excluding tert-OH is 1. The Labute approximate surface area is 188 Å². The fourth-order valence-electron chi connectivity index (χ4n) is 3.65. The topological polar surface area (TPSA) is 87.9 Å². The first-order chi connectivity index (χ1) is 15.8. The highest BCUT2D eigenvalue weighted by atomic mass is 19.4. The van der Waals surface area contributed by atoms with Gasteiger partial charge < -0.3 is 19.6 Å². The lowest BCUT2D eigenvalue weighted by Crippen LogP contribution is -2.53. The van der Waals surface area contributed by atoms with E-state index in [2.05, 4.69) is 5.10 Å². The molecule has 184 valence electrons. The van der Waals surface area contributed by atoms with Gasteiger partial charge in [0.2, 0.25) is 0 Å². The minimum absolute atomic E-state index is 0.00310. The van der Waals surface area contributed by atoms with Crippen LogP contribution in [0.1, 0.15) is 32.9 Å². The van der Waals surface area contributed by atoms with E-state index < -0.39 is 47.8 Å². The minimum atomic E-state index is -5.01. The molecule has 2 aromatic rings.